The molecule has 3 rings (SSSR count). The highest BCUT2D eigenvalue weighted by Crippen LogP contribution is 2.29. The van der Waals surface area contributed by atoms with Crippen molar-refractivity contribution in [3.05, 3.63) is 93.5 Å². The van der Waals surface area contributed by atoms with Crippen LogP contribution < -0.4 is 11.1 Å². The third-order valence-corrected chi connectivity index (χ3v) is 6.88. The van der Waals surface area contributed by atoms with Crippen molar-refractivity contribution in [2.45, 2.75) is 51.8 Å². The van der Waals surface area contributed by atoms with Crippen LogP contribution in [0.15, 0.2) is 60.7 Å². The Morgan fingerprint density at radius 2 is 1.86 bits per heavy atom. The van der Waals surface area contributed by atoms with Crippen LogP contribution in [0.2, 0.25) is 5.02 Å². The van der Waals surface area contributed by atoms with Crippen molar-refractivity contribution in [2.24, 2.45) is 5.73 Å². The monoisotopic (exact) mass is 524 g/mol. The quantitative estimate of drug-likeness (QED) is 0.234. The summed E-state index contributed by atoms with van der Waals surface area (Å²) in [5.74, 6) is -0.943. The minimum atomic E-state index is -0.943. The number of carboxylic acid groups (broad SMARTS) is 1. The molecule has 5 N–H and O–H groups in total. The zero-order valence-corrected chi connectivity index (χ0v) is 22.5. The lowest BCUT2D eigenvalue weighted by molar-refractivity contribution is 0.0348. The minimum absolute atomic E-state index is 0.180. The molecule has 0 heterocycles. The number of hydrogen-bond donors (Lipinski definition) is 4. The summed E-state index contributed by atoms with van der Waals surface area (Å²) < 4.78 is 5.81. The Morgan fingerprint density at radius 1 is 1.14 bits per heavy atom. The molecule has 3 aromatic rings. The normalized spacial score (nSPS) is 12.5. The smallest absolute Gasteiger partial charge is 0.335 e. The molecule has 0 radical (unpaired) electrons. The Kier molecular flexibility index (Phi) is 10.3. The molecular formula is C30H37ClN2O4. The molecule has 0 amide bonds. The SMILES string of the molecule is Cc1c(C(=O)O)ccc(-c2ccccc2)c1CCOC[C@H](O)CNC(C)(C)Cc1ccc(Cl)c(CN)c1. The summed E-state index contributed by atoms with van der Waals surface area (Å²) in [5, 5.41) is 24.2. The van der Waals surface area contributed by atoms with E-state index in [9.17, 15) is 15.0 Å². The van der Waals surface area contributed by atoms with Gasteiger partial charge in [-0.3, -0.25) is 0 Å². The first-order valence-corrected chi connectivity index (χ1v) is 12.9. The standard InChI is InChI=1S/C30H37ClN2O4/c1-20-25(27(11-10-26(20)29(35)36)22-7-5-4-6-8-22)13-14-37-19-24(34)18-33-30(2,3)16-21-9-12-28(31)23(15-21)17-32/h4-12,15,24,33-34H,13-14,16-19,32H2,1-3H3,(H,35,36)/t24-/m1/s1. The van der Waals surface area contributed by atoms with Gasteiger partial charge in [-0.25, -0.2) is 4.79 Å². The van der Waals surface area contributed by atoms with Crippen molar-refractivity contribution < 1.29 is 19.7 Å². The van der Waals surface area contributed by atoms with E-state index >= 15 is 0 Å². The van der Waals surface area contributed by atoms with Crippen LogP contribution in [0.3, 0.4) is 0 Å². The van der Waals surface area contributed by atoms with Crippen LogP contribution >= 0.6 is 11.6 Å². The zero-order valence-electron chi connectivity index (χ0n) is 21.8. The van der Waals surface area contributed by atoms with Crippen molar-refractivity contribution in [3.8, 4) is 11.1 Å². The van der Waals surface area contributed by atoms with Crippen molar-refractivity contribution in [3.63, 3.8) is 0 Å². The second kappa shape index (κ2) is 13.2. The molecule has 0 aliphatic carbocycles. The molecule has 3 aromatic carbocycles. The van der Waals surface area contributed by atoms with Crippen LogP contribution in [-0.2, 0) is 24.1 Å². The Labute approximate surface area is 224 Å². The van der Waals surface area contributed by atoms with Crippen molar-refractivity contribution in [1.29, 1.82) is 0 Å². The highest BCUT2D eigenvalue weighted by Gasteiger charge is 2.20. The largest absolute Gasteiger partial charge is 0.478 e. The molecule has 0 fully saturated rings. The molecule has 198 valence electrons. The summed E-state index contributed by atoms with van der Waals surface area (Å²) in [7, 11) is 0. The van der Waals surface area contributed by atoms with Gasteiger partial charge in [-0.2, -0.15) is 0 Å². The van der Waals surface area contributed by atoms with E-state index in [0.29, 0.717) is 36.7 Å². The van der Waals surface area contributed by atoms with E-state index < -0.39 is 12.1 Å². The van der Waals surface area contributed by atoms with E-state index in [1.807, 2.05) is 61.5 Å². The van der Waals surface area contributed by atoms with Gasteiger partial charge in [0.1, 0.15) is 0 Å². The van der Waals surface area contributed by atoms with Crippen LogP contribution in [0.1, 0.15) is 46.5 Å². The minimum Gasteiger partial charge on any atom is -0.478 e. The molecule has 0 bridgehead atoms. The summed E-state index contributed by atoms with van der Waals surface area (Å²) in [5.41, 5.74) is 11.6. The molecule has 1 atom stereocenters. The fraction of sp³-hybridized carbons (Fsp3) is 0.367. The number of hydrogen-bond acceptors (Lipinski definition) is 5. The Bertz CT molecular complexity index is 1200. The number of aromatic carboxylic acids is 1. The summed E-state index contributed by atoms with van der Waals surface area (Å²) in [6.07, 6.45) is 0.624. The van der Waals surface area contributed by atoms with Gasteiger partial charge in [0, 0.05) is 23.7 Å². The lowest BCUT2D eigenvalue weighted by atomic mass is 9.91. The molecule has 6 nitrogen and oxygen atoms in total. The van der Waals surface area contributed by atoms with Gasteiger partial charge in [-0.05, 0) is 79.1 Å². The number of ether oxygens (including phenoxy) is 1. The Morgan fingerprint density at radius 3 is 2.54 bits per heavy atom. The van der Waals surface area contributed by atoms with E-state index in [2.05, 4.69) is 19.2 Å². The fourth-order valence-corrected chi connectivity index (χ4v) is 4.71. The Balaban J connectivity index is 1.54. The van der Waals surface area contributed by atoms with Crippen molar-refractivity contribution in [1.82, 2.24) is 5.32 Å². The molecule has 0 aliphatic rings. The van der Waals surface area contributed by atoms with E-state index in [4.69, 9.17) is 22.1 Å². The van der Waals surface area contributed by atoms with Gasteiger partial charge in [0.15, 0.2) is 0 Å². The number of nitrogens with two attached hydrogens (primary N) is 1. The van der Waals surface area contributed by atoms with Gasteiger partial charge < -0.3 is 26.0 Å². The topological polar surface area (TPSA) is 105 Å². The average Bonchev–Trinajstić information content (AvgIpc) is 2.87. The third kappa shape index (κ3) is 8.12. The molecular weight excluding hydrogens is 488 g/mol. The summed E-state index contributed by atoms with van der Waals surface area (Å²) >= 11 is 6.17. The number of rotatable bonds is 13. The maximum absolute atomic E-state index is 11.7. The highest BCUT2D eigenvalue weighted by molar-refractivity contribution is 6.31. The number of carboxylic acids is 1. The van der Waals surface area contributed by atoms with Crippen molar-refractivity contribution in [2.75, 3.05) is 19.8 Å². The first kappa shape index (κ1) is 28.8. The lowest BCUT2D eigenvalue weighted by Crippen LogP contribution is -2.46. The number of β-amino-alcohol motifs (C(OH)–C–C–N with tert-alkyl or cyclic N) is 1. The van der Waals surface area contributed by atoms with Crippen molar-refractivity contribution >= 4 is 17.6 Å². The predicted molar refractivity (Wildman–Crippen MR) is 149 cm³/mol. The summed E-state index contributed by atoms with van der Waals surface area (Å²) in [6.45, 7) is 7.33. The van der Waals surface area contributed by atoms with Gasteiger partial charge in [0.25, 0.3) is 0 Å². The van der Waals surface area contributed by atoms with Crippen LogP contribution in [0.4, 0.5) is 0 Å². The zero-order chi connectivity index (χ0) is 27.0. The number of nitrogens with one attached hydrogen (secondary N) is 1. The van der Waals surface area contributed by atoms with Gasteiger partial charge in [0.05, 0.1) is 24.9 Å². The third-order valence-electron chi connectivity index (χ3n) is 6.51. The lowest BCUT2D eigenvalue weighted by Gasteiger charge is -2.28. The fourth-order valence-electron chi connectivity index (χ4n) is 4.51. The number of aliphatic hydroxyl groups is 1. The average molecular weight is 525 g/mol. The van der Waals surface area contributed by atoms with Crippen LogP contribution in [0, 0.1) is 6.92 Å². The van der Waals surface area contributed by atoms with E-state index in [1.165, 1.54) is 0 Å². The molecule has 0 saturated heterocycles. The molecule has 0 saturated carbocycles. The maximum atomic E-state index is 11.7. The first-order chi connectivity index (χ1) is 17.6. The summed E-state index contributed by atoms with van der Waals surface area (Å²) in [4.78, 5) is 11.7. The van der Waals surface area contributed by atoms with Crippen LogP contribution in [0.25, 0.3) is 11.1 Å². The van der Waals surface area contributed by atoms with Gasteiger partial charge in [-0.1, -0.05) is 60.1 Å². The summed E-state index contributed by atoms with van der Waals surface area (Å²) in [6, 6.07) is 19.3. The van der Waals surface area contributed by atoms with Gasteiger partial charge in [-0.15, -0.1) is 0 Å². The molecule has 0 spiro atoms. The second-order valence-electron chi connectivity index (χ2n) is 9.99. The van der Waals surface area contributed by atoms with Gasteiger partial charge in [0.2, 0.25) is 0 Å². The Hall–Kier alpha value is -2.74. The van der Waals surface area contributed by atoms with Gasteiger partial charge >= 0.3 is 5.97 Å². The van der Waals surface area contributed by atoms with E-state index in [1.54, 1.807) is 6.07 Å². The highest BCUT2D eigenvalue weighted by atomic mass is 35.5. The maximum Gasteiger partial charge on any atom is 0.335 e. The molecule has 7 heteroatoms. The number of carbonyl (C=O) groups is 1. The van der Waals surface area contributed by atoms with Crippen LogP contribution in [-0.4, -0.2) is 47.6 Å². The first-order valence-electron chi connectivity index (χ1n) is 12.5. The van der Waals surface area contributed by atoms with Crippen LogP contribution in [0.5, 0.6) is 0 Å². The molecule has 0 aromatic heterocycles. The molecule has 0 aliphatic heterocycles. The molecule has 0 unspecified atom stereocenters. The predicted octanol–water partition coefficient (Wildman–Crippen LogP) is 5.00. The number of aliphatic hydroxyl groups excluding tert-OH is 1. The number of benzene rings is 3. The van der Waals surface area contributed by atoms with E-state index in [0.717, 1.165) is 39.8 Å². The second-order valence-corrected chi connectivity index (χ2v) is 10.4. The van der Waals surface area contributed by atoms with E-state index in [-0.39, 0.29) is 12.1 Å². The molecule has 37 heavy (non-hydrogen) atoms. The number of halogens is 1.